The Hall–Kier alpha value is -2.47. The van der Waals surface area contributed by atoms with Crippen molar-refractivity contribution in [3.63, 3.8) is 0 Å². The van der Waals surface area contributed by atoms with Crippen molar-refractivity contribution in [1.29, 1.82) is 0 Å². The molecule has 0 aromatic heterocycles. The van der Waals surface area contributed by atoms with Gasteiger partial charge in [-0.1, -0.05) is 34.4 Å². The maximum Gasteiger partial charge on any atom is 0.337 e. The molecule has 0 fully saturated rings. The molecule has 1 aliphatic rings. The molecular formula is C22H25ClN3O4P. The molecule has 0 aliphatic carbocycles. The zero-order chi connectivity index (χ0) is 23.0. The average Bonchev–Trinajstić information content (AvgIpc) is 2.89. The van der Waals surface area contributed by atoms with Gasteiger partial charge in [-0.2, -0.15) is 0 Å². The normalized spacial score (nSPS) is 15.5. The van der Waals surface area contributed by atoms with E-state index in [1.165, 1.54) is 18.7 Å². The first-order valence-electron chi connectivity index (χ1n) is 9.87. The smallest absolute Gasteiger partial charge is 0.337 e. The molecule has 0 spiro atoms. The summed E-state index contributed by atoms with van der Waals surface area (Å²) >= 11 is 5.87. The fourth-order valence-electron chi connectivity index (χ4n) is 3.60. The predicted octanol–water partition coefficient (Wildman–Crippen LogP) is 4.17. The maximum atomic E-state index is 13.0. The third kappa shape index (κ3) is 4.59. The molecule has 0 saturated carbocycles. The number of fused-ring (bicyclic) bond motifs is 1. The van der Waals surface area contributed by atoms with Crippen LogP contribution in [0, 0.1) is 0 Å². The second kappa shape index (κ2) is 8.58. The monoisotopic (exact) mass is 461 g/mol. The predicted molar refractivity (Wildman–Crippen MR) is 121 cm³/mol. The minimum absolute atomic E-state index is 0.295. The molecule has 3 rings (SSSR count). The van der Waals surface area contributed by atoms with Crippen molar-refractivity contribution in [2.45, 2.75) is 44.8 Å². The molecule has 31 heavy (non-hydrogen) atoms. The topological polar surface area (TPSA) is 102 Å². The van der Waals surface area contributed by atoms with Gasteiger partial charge >= 0.3 is 14.1 Å². The summed E-state index contributed by atoms with van der Waals surface area (Å²) in [6.07, 6.45) is 0.649. The molecule has 9 heteroatoms. The largest absolute Gasteiger partial charge is 0.594 e. The summed E-state index contributed by atoms with van der Waals surface area (Å²) in [6, 6.07) is 12.1. The summed E-state index contributed by atoms with van der Waals surface area (Å²) in [4.78, 5) is 38.5. The molecule has 1 heterocycles. The molecule has 2 aromatic carbocycles. The lowest BCUT2D eigenvalue weighted by Crippen LogP contribution is -2.48. The van der Waals surface area contributed by atoms with E-state index in [0.717, 1.165) is 11.1 Å². The fraction of sp³-hybridized carbons (Fsp3) is 0.364. The van der Waals surface area contributed by atoms with E-state index < -0.39 is 24.8 Å². The van der Waals surface area contributed by atoms with Crippen LogP contribution in [0.4, 0.5) is 16.2 Å². The van der Waals surface area contributed by atoms with Crippen LogP contribution in [0.3, 0.4) is 0 Å². The number of hydrogen-bond acceptors (Lipinski definition) is 4. The van der Waals surface area contributed by atoms with E-state index in [4.69, 9.17) is 11.6 Å². The third-order valence-corrected chi connectivity index (χ3v) is 6.86. The Morgan fingerprint density at radius 2 is 1.84 bits per heavy atom. The minimum Gasteiger partial charge on any atom is -0.594 e. The first-order valence-corrected chi connectivity index (χ1v) is 11.4. The van der Waals surface area contributed by atoms with E-state index in [9.17, 15) is 19.0 Å². The summed E-state index contributed by atoms with van der Waals surface area (Å²) in [6.45, 7) is 6.94. The fourth-order valence-corrected chi connectivity index (χ4v) is 4.09. The first kappa shape index (κ1) is 23.2. The second-order valence-electron chi connectivity index (χ2n) is 8.51. The number of amides is 3. The number of nitrogens with zero attached hydrogens (tertiary/aromatic N) is 1. The van der Waals surface area contributed by atoms with Crippen molar-refractivity contribution in [2.24, 2.45) is 0 Å². The van der Waals surface area contributed by atoms with Gasteiger partial charge in [0.1, 0.15) is 0 Å². The summed E-state index contributed by atoms with van der Waals surface area (Å²) in [7, 11) is -2.91. The highest BCUT2D eigenvalue weighted by Gasteiger charge is 2.54. The number of anilines is 2. The zero-order valence-corrected chi connectivity index (χ0v) is 19.5. The number of rotatable bonds is 6. The summed E-state index contributed by atoms with van der Waals surface area (Å²) in [5.41, 5.74) is 1.86. The van der Waals surface area contributed by atoms with Crippen LogP contribution in [0.5, 0.6) is 0 Å². The lowest BCUT2D eigenvalue weighted by atomic mass is 9.86. The number of hydrogen-bond donors (Lipinski definition) is 2. The van der Waals surface area contributed by atoms with Crippen molar-refractivity contribution < 1.29 is 19.0 Å². The lowest BCUT2D eigenvalue weighted by Gasteiger charge is -2.29. The Labute approximate surface area is 187 Å². The number of urea groups is 1. The van der Waals surface area contributed by atoms with E-state index in [1.807, 2.05) is 12.1 Å². The summed E-state index contributed by atoms with van der Waals surface area (Å²) < 4.78 is 11.8. The van der Waals surface area contributed by atoms with Crippen molar-refractivity contribution in [1.82, 2.24) is 5.32 Å². The molecule has 1 aliphatic heterocycles. The van der Waals surface area contributed by atoms with Gasteiger partial charge < -0.3 is 15.5 Å². The Kier molecular flexibility index (Phi) is 6.42. The van der Waals surface area contributed by atoms with E-state index >= 15 is 0 Å². The molecule has 2 aromatic rings. The van der Waals surface area contributed by atoms with E-state index in [1.54, 1.807) is 44.2 Å². The first-order chi connectivity index (χ1) is 14.4. The molecule has 2 N–H and O–H groups in total. The quantitative estimate of drug-likeness (QED) is 0.630. The molecule has 0 radical (unpaired) electrons. The van der Waals surface area contributed by atoms with Crippen molar-refractivity contribution in [3.8, 4) is 0 Å². The van der Waals surface area contributed by atoms with Gasteiger partial charge in [0.15, 0.2) is 0 Å². The van der Waals surface area contributed by atoms with Gasteiger partial charge in [-0.3, -0.25) is 9.69 Å². The van der Waals surface area contributed by atoms with Crippen LogP contribution in [-0.2, 0) is 21.2 Å². The molecule has 1 unspecified atom stereocenters. The molecule has 7 nitrogen and oxygen atoms in total. The Morgan fingerprint density at radius 3 is 2.45 bits per heavy atom. The molecule has 0 saturated heterocycles. The van der Waals surface area contributed by atoms with Crippen LogP contribution >= 0.6 is 19.6 Å². The molecule has 0 bridgehead atoms. The van der Waals surface area contributed by atoms with Crippen molar-refractivity contribution in [2.75, 3.05) is 16.8 Å². The van der Waals surface area contributed by atoms with Crippen LogP contribution in [0.2, 0.25) is 5.02 Å². The second-order valence-corrected chi connectivity index (χ2v) is 10.6. The van der Waals surface area contributed by atoms with Gasteiger partial charge in [-0.25, -0.2) is 4.79 Å². The maximum absolute atomic E-state index is 13.0. The number of carbonyl (C=O) groups excluding carboxylic acids is 2. The molecular weight excluding hydrogens is 437 g/mol. The number of nitrogens with one attached hydrogen (secondary N) is 2. The Morgan fingerprint density at radius 1 is 1.19 bits per heavy atom. The number of halogens is 1. The SMILES string of the molecule is CC1(C)C(=O)N(C(C)(C)[P+](=O)[O-])c2cc(NC(=O)NCCc3ccc(Cl)cc3)ccc21. The third-order valence-electron chi connectivity index (χ3n) is 5.51. The lowest BCUT2D eigenvalue weighted by molar-refractivity contribution is -0.169. The number of benzene rings is 2. The molecule has 164 valence electrons. The van der Waals surface area contributed by atoms with Gasteiger partial charge in [0.05, 0.1) is 11.1 Å². The van der Waals surface area contributed by atoms with Crippen LogP contribution < -0.4 is 20.4 Å². The van der Waals surface area contributed by atoms with Crippen molar-refractivity contribution in [3.05, 3.63) is 58.6 Å². The Balaban J connectivity index is 1.73. The number of carbonyl (C=O) groups is 2. The van der Waals surface area contributed by atoms with E-state index in [2.05, 4.69) is 10.6 Å². The van der Waals surface area contributed by atoms with Crippen molar-refractivity contribution >= 4 is 42.9 Å². The highest BCUT2D eigenvalue weighted by atomic mass is 35.5. The summed E-state index contributed by atoms with van der Waals surface area (Å²) in [5, 5.41) is 4.80. The van der Waals surface area contributed by atoms with E-state index in [0.29, 0.717) is 29.4 Å². The standard InChI is InChI=1S/C22H25ClN3O4P/c1-21(2)17-10-9-16(13-18(17)26(19(21)27)22(3,4)31(29)30)25-20(28)24-12-11-14-5-7-15(23)8-6-14/h5-10,13H,11-12H2,1-4H3,(H2,24,25,28). The average molecular weight is 462 g/mol. The van der Waals surface area contributed by atoms with Crippen LogP contribution in [0.25, 0.3) is 0 Å². The molecule has 3 amide bonds. The minimum atomic E-state index is -2.91. The van der Waals surface area contributed by atoms with Gasteiger partial charge in [0, 0.05) is 31.1 Å². The molecule has 1 atom stereocenters. The van der Waals surface area contributed by atoms with Gasteiger partial charge in [0.25, 0.3) is 0 Å². The van der Waals surface area contributed by atoms with E-state index in [-0.39, 0.29) is 5.91 Å². The summed E-state index contributed by atoms with van der Waals surface area (Å²) in [5.74, 6) is -0.295. The Bertz CT molecular complexity index is 1040. The van der Waals surface area contributed by atoms with Gasteiger partial charge in [0.2, 0.25) is 11.2 Å². The highest BCUT2D eigenvalue weighted by molar-refractivity contribution is 7.38. The zero-order valence-electron chi connectivity index (χ0n) is 17.9. The van der Waals surface area contributed by atoms with Crippen LogP contribution in [-0.4, -0.2) is 23.8 Å². The highest BCUT2D eigenvalue weighted by Crippen LogP contribution is 2.49. The van der Waals surface area contributed by atoms with Crippen LogP contribution in [0.1, 0.15) is 38.8 Å². The van der Waals surface area contributed by atoms with Gasteiger partial charge in [-0.05, 0) is 55.7 Å². The van der Waals surface area contributed by atoms with Gasteiger partial charge in [-0.15, -0.1) is 0 Å². The van der Waals surface area contributed by atoms with Crippen LogP contribution in [0.15, 0.2) is 42.5 Å².